The van der Waals surface area contributed by atoms with Gasteiger partial charge < -0.3 is 10.3 Å². The Morgan fingerprint density at radius 3 is 2.68 bits per heavy atom. The molecule has 0 bridgehead atoms. The number of nitrogens with zero attached hydrogens (tertiary/aromatic N) is 1. The van der Waals surface area contributed by atoms with E-state index in [1.165, 1.54) is 11.5 Å². The number of halogens is 1. The van der Waals surface area contributed by atoms with E-state index in [-0.39, 0.29) is 5.82 Å². The fourth-order valence-electron chi connectivity index (χ4n) is 2.44. The third-order valence-corrected chi connectivity index (χ3v) is 3.37. The van der Waals surface area contributed by atoms with Crippen LogP contribution in [0.4, 0.5) is 4.39 Å². The van der Waals surface area contributed by atoms with Crippen LogP contribution in [0.1, 0.15) is 11.1 Å². The zero-order valence-corrected chi connectivity index (χ0v) is 10.5. The van der Waals surface area contributed by atoms with Crippen LogP contribution in [-0.2, 0) is 13.1 Å². The molecule has 19 heavy (non-hydrogen) atoms. The molecule has 0 spiro atoms. The fourth-order valence-corrected chi connectivity index (χ4v) is 2.44. The second-order valence-corrected chi connectivity index (χ2v) is 4.63. The molecule has 0 saturated carbocycles. The molecule has 3 aromatic rings. The van der Waals surface area contributed by atoms with E-state index >= 15 is 0 Å². The maximum atomic E-state index is 13.2. The molecule has 0 saturated heterocycles. The minimum absolute atomic E-state index is 0.198. The van der Waals surface area contributed by atoms with Gasteiger partial charge in [-0.1, -0.05) is 24.3 Å². The molecule has 2 N–H and O–H groups in total. The molecule has 0 fully saturated rings. The number of fused-ring (bicyclic) bond motifs is 1. The van der Waals surface area contributed by atoms with E-state index in [1.807, 2.05) is 24.4 Å². The van der Waals surface area contributed by atoms with Crippen LogP contribution in [0.15, 0.2) is 54.7 Å². The molecule has 0 aliphatic heterocycles. The standard InChI is InChI=1S/C16H15FN2/c17-14-5-1-3-12(9-14)11-19-8-7-15-13(10-18)4-2-6-16(15)19/h1-9H,10-11,18H2. The summed E-state index contributed by atoms with van der Waals surface area (Å²) in [5.74, 6) is -0.198. The minimum Gasteiger partial charge on any atom is -0.343 e. The number of benzene rings is 2. The highest BCUT2D eigenvalue weighted by atomic mass is 19.1. The molecule has 96 valence electrons. The van der Waals surface area contributed by atoms with Crippen molar-refractivity contribution in [2.75, 3.05) is 0 Å². The third-order valence-electron chi connectivity index (χ3n) is 3.37. The van der Waals surface area contributed by atoms with E-state index in [1.54, 1.807) is 12.1 Å². The first-order valence-corrected chi connectivity index (χ1v) is 6.29. The number of aromatic nitrogens is 1. The highest BCUT2D eigenvalue weighted by Gasteiger charge is 2.05. The predicted molar refractivity (Wildman–Crippen MR) is 75.3 cm³/mol. The van der Waals surface area contributed by atoms with Crippen molar-refractivity contribution in [3.63, 3.8) is 0 Å². The summed E-state index contributed by atoms with van der Waals surface area (Å²) >= 11 is 0. The second-order valence-electron chi connectivity index (χ2n) is 4.63. The SMILES string of the molecule is NCc1cccc2c1ccn2Cc1cccc(F)c1. The molecule has 0 aliphatic carbocycles. The highest BCUT2D eigenvalue weighted by Crippen LogP contribution is 2.21. The molecule has 1 aromatic heterocycles. The monoisotopic (exact) mass is 254 g/mol. The van der Waals surface area contributed by atoms with Crippen LogP contribution in [0, 0.1) is 5.82 Å². The summed E-state index contributed by atoms with van der Waals surface area (Å²) < 4.78 is 15.3. The van der Waals surface area contributed by atoms with Gasteiger partial charge in [-0.25, -0.2) is 4.39 Å². The van der Waals surface area contributed by atoms with E-state index in [4.69, 9.17) is 5.73 Å². The number of rotatable bonds is 3. The first kappa shape index (κ1) is 11.9. The molecule has 1 heterocycles. The van der Waals surface area contributed by atoms with Gasteiger partial charge in [0, 0.05) is 30.2 Å². The van der Waals surface area contributed by atoms with Crippen molar-refractivity contribution in [1.29, 1.82) is 0 Å². The first-order valence-electron chi connectivity index (χ1n) is 6.29. The lowest BCUT2D eigenvalue weighted by Gasteiger charge is -2.07. The van der Waals surface area contributed by atoms with Gasteiger partial charge in [0.2, 0.25) is 0 Å². The fraction of sp³-hybridized carbons (Fsp3) is 0.125. The summed E-state index contributed by atoms with van der Waals surface area (Å²) in [6.45, 7) is 1.19. The lowest BCUT2D eigenvalue weighted by molar-refractivity contribution is 0.624. The Labute approximate surface area is 111 Å². The van der Waals surface area contributed by atoms with Crippen LogP contribution in [0.2, 0.25) is 0 Å². The third kappa shape index (κ3) is 2.25. The summed E-state index contributed by atoms with van der Waals surface area (Å²) in [6.07, 6.45) is 2.02. The molecule has 2 aromatic carbocycles. The summed E-state index contributed by atoms with van der Waals surface area (Å²) in [5.41, 5.74) is 8.96. The lowest BCUT2D eigenvalue weighted by atomic mass is 10.1. The Morgan fingerprint density at radius 1 is 1.05 bits per heavy atom. The largest absolute Gasteiger partial charge is 0.343 e. The second kappa shape index (κ2) is 4.86. The maximum absolute atomic E-state index is 13.2. The van der Waals surface area contributed by atoms with Crippen molar-refractivity contribution in [2.24, 2.45) is 5.73 Å². The maximum Gasteiger partial charge on any atom is 0.123 e. The molecule has 0 radical (unpaired) electrons. The average molecular weight is 254 g/mol. The van der Waals surface area contributed by atoms with Crippen LogP contribution in [0.5, 0.6) is 0 Å². The average Bonchev–Trinajstić information content (AvgIpc) is 2.82. The Morgan fingerprint density at radius 2 is 1.89 bits per heavy atom. The van der Waals surface area contributed by atoms with Crippen molar-refractivity contribution in [1.82, 2.24) is 4.57 Å². The first-order chi connectivity index (χ1) is 9.28. The molecular formula is C16H15FN2. The smallest absolute Gasteiger partial charge is 0.123 e. The lowest BCUT2D eigenvalue weighted by Crippen LogP contribution is -2.00. The summed E-state index contributed by atoms with van der Waals surface area (Å²) in [4.78, 5) is 0. The number of hydrogen-bond acceptors (Lipinski definition) is 1. The van der Waals surface area contributed by atoms with Crippen LogP contribution < -0.4 is 5.73 Å². The van der Waals surface area contributed by atoms with Crippen LogP contribution in [-0.4, -0.2) is 4.57 Å². The van der Waals surface area contributed by atoms with Gasteiger partial charge in [0.25, 0.3) is 0 Å². The molecule has 0 atom stereocenters. The van der Waals surface area contributed by atoms with Crippen molar-refractivity contribution >= 4 is 10.9 Å². The van der Waals surface area contributed by atoms with Crippen molar-refractivity contribution in [3.05, 3.63) is 71.7 Å². The van der Waals surface area contributed by atoms with Crippen molar-refractivity contribution < 1.29 is 4.39 Å². The van der Waals surface area contributed by atoms with E-state index in [2.05, 4.69) is 16.7 Å². The van der Waals surface area contributed by atoms with E-state index in [9.17, 15) is 4.39 Å². The van der Waals surface area contributed by atoms with Gasteiger partial charge >= 0.3 is 0 Å². The Bertz CT molecular complexity index is 716. The minimum atomic E-state index is -0.198. The quantitative estimate of drug-likeness (QED) is 0.764. The molecule has 0 aliphatic rings. The van der Waals surface area contributed by atoms with Crippen molar-refractivity contribution in [2.45, 2.75) is 13.1 Å². The Kier molecular flexibility index (Phi) is 3.05. The Hall–Kier alpha value is -2.13. The summed E-state index contributed by atoms with van der Waals surface area (Å²) in [6, 6.07) is 14.9. The van der Waals surface area contributed by atoms with Gasteiger partial charge in [0.05, 0.1) is 0 Å². The van der Waals surface area contributed by atoms with Gasteiger partial charge in [-0.05, 0) is 35.4 Å². The molecule has 0 unspecified atom stereocenters. The molecular weight excluding hydrogens is 239 g/mol. The van der Waals surface area contributed by atoms with E-state index in [0.717, 1.165) is 16.6 Å². The molecule has 3 heteroatoms. The zero-order valence-electron chi connectivity index (χ0n) is 10.5. The Balaban J connectivity index is 2.02. The topological polar surface area (TPSA) is 30.9 Å². The molecule has 2 nitrogen and oxygen atoms in total. The van der Waals surface area contributed by atoms with Crippen LogP contribution in [0.3, 0.4) is 0 Å². The van der Waals surface area contributed by atoms with Gasteiger partial charge in [-0.3, -0.25) is 0 Å². The molecule has 3 rings (SSSR count). The highest BCUT2D eigenvalue weighted by molar-refractivity contribution is 5.83. The number of nitrogens with two attached hydrogens (primary N) is 1. The van der Waals surface area contributed by atoms with E-state index in [0.29, 0.717) is 13.1 Å². The zero-order chi connectivity index (χ0) is 13.2. The predicted octanol–water partition coefficient (Wildman–Crippen LogP) is 3.29. The molecule has 0 amide bonds. The number of hydrogen-bond donors (Lipinski definition) is 1. The van der Waals surface area contributed by atoms with Crippen LogP contribution >= 0.6 is 0 Å². The van der Waals surface area contributed by atoms with Gasteiger partial charge in [-0.2, -0.15) is 0 Å². The summed E-state index contributed by atoms with van der Waals surface area (Å²) in [7, 11) is 0. The normalized spacial score (nSPS) is 11.1. The van der Waals surface area contributed by atoms with Gasteiger partial charge in [-0.15, -0.1) is 0 Å². The van der Waals surface area contributed by atoms with E-state index < -0.39 is 0 Å². The van der Waals surface area contributed by atoms with Crippen molar-refractivity contribution in [3.8, 4) is 0 Å². The van der Waals surface area contributed by atoms with Crippen LogP contribution in [0.25, 0.3) is 10.9 Å². The van der Waals surface area contributed by atoms with Gasteiger partial charge in [0.15, 0.2) is 0 Å². The van der Waals surface area contributed by atoms with Gasteiger partial charge in [0.1, 0.15) is 5.82 Å². The summed E-state index contributed by atoms with van der Waals surface area (Å²) in [5, 5.41) is 1.17.